The molecular formula is C9H18O2. The average molecular weight is 158 g/mol. The van der Waals surface area contributed by atoms with Crippen LogP contribution in [0.3, 0.4) is 0 Å². The van der Waals surface area contributed by atoms with E-state index in [0.717, 1.165) is 25.4 Å². The first-order valence-corrected chi connectivity index (χ1v) is 4.42. The molecule has 0 heterocycles. The van der Waals surface area contributed by atoms with E-state index in [1.165, 1.54) is 6.42 Å². The van der Waals surface area contributed by atoms with Crippen LogP contribution in [0.5, 0.6) is 0 Å². The van der Waals surface area contributed by atoms with Crippen molar-refractivity contribution < 1.29 is 9.84 Å². The second-order valence-electron chi connectivity index (χ2n) is 3.58. The summed E-state index contributed by atoms with van der Waals surface area (Å²) in [5.74, 6) is 1.35. The number of hydrogen-bond donors (Lipinski definition) is 1. The number of hydrogen-bond acceptors (Lipinski definition) is 2. The van der Waals surface area contributed by atoms with Gasteiger partial charge in [0.2, 0.25) is 0 Å². The highest BCUT2D eigenvalue weighted by molar-refractivity contribution is 4.87. The van der Waals surface area contributed by atoms with E-state index in [0.29, 0.717) is 5.92 Å². The van der Waals surface area contributed by atoms with Crippen LogP contribution >= 0.6 is 0 Å². The van der Waals surface area contributed by atoms with Gasteiger partial charge in [0.05, 0.1) is 6.10 Å². The summed E-state index contributed by atoms with van der Waals surface area (Å²) in [6.45, 7) is 2.97. The fourth-order valence-electron chi connectivity index (χ4n) is 1.54. The van der Waals surface area contributed by atoms with E-state index in [9.17, 15) is 5.11 Å². The Hall–Kier alpha value is -0.0800. The van der Waals surface area contributed by atoms with Gasteiger partial charge in [0, 0.05) is 13.7 Å². The molecule has 0 aromatic rings. The highest BCUT2D eigenvalue weighted by Crippen LogP contribution is 2.41. The van der Waals surface area contributed by atoms with Crippen molar-refractivity contribution >= 4 is 0 Å². The van der Waals surface area contributed by atoms with Gasteiger partial charge in [-0.2, -0.15) is 0 Å². The molecule has 2 heteroatoms. The third-order valence-electron chi connectivity index (χ3n) is 2.51. The number of aliphatic hydroxyl groups excluding tert-OH is 1. The van der Waals surface area contributed by atoms with Crippen molar-refractivity contribution in [2.24, 2.45) is 11.8 Å². The standard InChI is InChI=1S/C9H18O2/c1-7-6-8(7)9(10)4-3-5-11-2/h7-10H,3-6H2,1-2H3. The summed E-state index contributed by atoms with van der Waals surface area (Å²) in [7, 11) is 1.70. The molecule has 0 aliphatic heterocycles. The van der Waals surface area contributed by atoms with Gasteiger partial charge in [0.15, 0.2) is 0 Å². The smallest absolute Gasteiger partial charge is 0.0571 e. The lowest BCUT2D eigenvalue weighted by molar-refractivity contribution is 0.115. The Bertz CT molecular complexity index is 114. The Morgan fingerprint density at radius 2 is 2.27 bits per heavy atom. The summed E-state index contributed by atoms with van der Waals surface area (Å²) < 4.78 is 4.91. The van der Waals surface area contributed by atoms with Crippen molar-refractivity contribution in [2.45, 2.75) is 32.3 Å². The average Bonchev–Trinajstić information content (AvgIpc) is 2.67. The van der Waals surface area contributed by atoms with Crippen molar-refractivity contribution in [3.05, 3.63) is 0 Å². The maximum Gasteiger partial charge on any atom is 0.0571 e. The maximum atomic E-state index is 9.53. The van der Waals surface area contributed by atoms with Crippen LogP contribution in [-0.2, 0) is 4.74 Å². The fraction of sp³-hybridized carbons (Fsp3) is 1.00. The highest BCUT2D eigenvalue weighted by atomic mass is 16.5. The first-order valence-electron chi connectivity index (χ1n) is 4.42. The van der Waals surface area contributed by atoms with E-state index < -0.39 is 0 Å². The molecule has 3 unspecified atom stereocenters. The quantitative estimate of drug-likeness (QED) is 0.613. The van der Waals surface area contributed by atoms with Crippen molar-refractivity contribution in [3.8, 4) is 0 Å². The summed E-state index contributed by atoms with van der Waals surface area (Å²) in [5.41, 5.74) is 0. The van der Waals surface area contributed by atoms with Crippen LogP contribution in [0, 0.1) is 11.8 Å². The van der Waals surface area contributed by atoms with Crippen LogP contribution in [0.25, 0.3) is 0 Å². The number of rotatable bonds is 5. The largest absolute Gasteiger partial charge is 0.393 e. The van der Waals surface area contributed by atoms with Crippen molar-refractivity contribution in [3.63, 3.8) is 0 Å². The van der Waals surface area contributed by atoms with Gasteiger partial charge in [-0.3, -0.25) is 0 Å². The molecule has 66 valence electrons. The lowest BCUT2D eigenvalue weighted by Crippen LogP contribution is -2.11. The molecule has 0 spiro atoms. The SMILES string of the molecule is COCCCC(O)C1CC1C. The molecule has 1 fully saturated rings. The molecule has 0 amide bonds. The predicted molar refractivity (Wildman–Crippen MR) is 44.4 cm³/mol. The molecule has 1 aliphatic rings. The Morgan fingerprint density at radius 1 is 1.64 bits per heavy atom. The van der Waals surface area contributed by atoms with Gasteiger partial charge in [0.25, 0.3) is 0 Å². The van der Waals surface area contributed by atoms with E-state index in [4.69, 9.17) is 4.74 Å². The Labute approximate surface area is 68.6 Å². The third-order valence-corrected chi connectivity index (χ3v) is 2.51. The second kappa shape index (κ2) is 4.07. The molecule has 0 radical (unpaired) electrons. The Morgan fingerprint density at radius 3 is 2.73 bits per heavy atom. The minimum atomic E-state index is -0.0693. The predicted octanol–water partition coefficient (Wildman–Crippen LogP) is 1.43. The van der Waals surface area contributed by atoms with Crippen LogP contribution in [0.1, 0.15) is 26.2 Å². The monoisotopic (exact) mass is 158 g/mol. The summed E-state index contributed by atoms with van der Waals surface area (Å²) in [6.07, 6.45) is 3.04. The van der Waals surface area contributed by atoms with E-state index in [-0.39, 0.29) is 6.10 Å². The summed E-state index contributed by atoms with van der Waals surface area (Å²) in [4.78, 5) is 0. The summed E-state index contributed by atoms with van der Waals surface area (Å²) in [5, 5.41) is 9.53. The maximum absolute atomic E-state index is 9.53. The molecule has 1 saturated carbocycles. The van der Waals surface area contributed by atoms with Gasteiger partial charge >= 0.3 is 0 Å². The molecule has 0 aromatic carbocycles. The van der Waals surface area contributed by atoms with Crippen LogP contribution in [0.2, 0.25) is 0 Å². The van der Waals surface area contributed by atoms with Crippen molar-refractivity contribution in [2.75, 3.05) is 13.7 Å². The van der Waals surface area contributed by atoms with Gasteiger partial charge in [0.1, 0.15) is 0 Å². The summed E-state index contributed by atoms with van der Waals surface area (Å²) >= 11 is 0. The van der Waals surface area contributed by atoms with Crippen LogP contribution in [-0.4, -0.2) is 24.9 Å². The van der Waals surface area contributed by atoms with E-state index in [2.05, 4.69) is 6.92 Å². The number of aliphatic hydroxyl groups is 1. The van der Waals surface area contributed by atoms with Gasteiger partial charge < -0.3 is 9.84 Å². The van der Waals surface area contributed by atoms with Crippen LogP contribution < -0.4 is 0 Å². The molecular weight excluding hydrogens is 140 g/mol. The summed E-state index contributed by atoms with van der Waals surface area (Å²) in [6, 6.07) is 0. The first-order chi connectivity index (χ1) is 5.25. The van der Waals surface area contributed by atoms with Gasteiger partial charge in [-0.25, -0.2) is 0 Å². The molecule has 11 heavy (non-hydrogen) atoms. The molecule has 1 rings (SSSR count). The lowest BCUT2D eigenvalue weighted by atomic mass is 10.1. The zero-order valence-electron chi connectivity index (χ0n) is 7.42. The molecule has 1 N–H and O–H groups in total. The van der Waals surface area contributed by atoms with Crippen LogP contribution in [0.15, 0.2) is 0 Å². The molecule has 3 atom stereocenters. The normalized spacial score (nSPS) is 31.9. The van der Waals surface area contributed by atoms with E-state index in [1.54, 1.807) is 7.11 Å². The molecule has 0 aromatic heterocycles. The molecule has 1 aliphatic carbocycles. The topological polar surface area (TPSA) is 29.5 Å². The molecule has 0 saturated heterocycles. The molecule has 0 bridgehead atoms. The lowest BCUT2D eigenvalue weighted by Gasteiger charge is -2.08. The van der Waals surface area contributed by atoms with Gasteiger partial charge in [-0.1, -0.05) is 6.92 Å². The Balaban J connectivity index is 1.98. The van der Waals surface area contributed by atoms with Gasteiger partial charge in [-0.05, 0) is 31.1 Å². The molecule has 2 nitrogen and oxygen atoms in total. The number of ether oxygens (including phenoxy) is 1. The second-order valence-corrected chi connectivity index (χ2v) is 3.58. The van der Waals surface area contributed by atoms with E-state index in [1.807, 2.05) is 0 Å². The first kappa shape index (κ1) is 9.01. The van der Waals surface area contributed by atoms with Crippen molar-refractivity contribution in [1.29, 1.82) is 0 Å². The van der Waals surface area contributed by atoms with E-state index >= 15 is 0 Å². The minimum Gasteiger partial charge on any atom is -0.393 e. The van der Waals surface area contributed by atoms with Crippen molar-refractivity contribution in [1.82, 2.24) is 0 Å². The third kappa shape index (κ3) is 2.80. The Kier molecular flexibility index (Phi) is 3.34. The van der Waals surface area contributed by atoms with Crippen LogP contribution in [0.4, 0.5) is 0 Å². The zero-order chi connectivity index (χ0) is 8.27. The minimum absolute atomic E-state index is 0.0693. The number of methoxy groups -OCH3 is 1. The fourth-order valence-corrected chi connectivity index (χ4v) is 1.54. The zero-order valence-corrected chi connectivity index (χ0v) is 7.42. The highest BCUT2D eigenvalue weighted by Gasteiger charge is 2.37. The van der Waals surface area contributed by atoms with Gasteiger partial charge in [-0.15, -0.1) is 0 Å².